The highest BCUT2D eigenvalue weighted by Crippen LogP contribution is 2.39. The average Bonchev–Trinajstić information content (AvgIpc) is 2.52. The summed E-state index contributed by atoms with van der Waals surface area (Å²) in [5.41, 5.74) is -0.946. The van der Waals surface area contributed by atoms with Crippen LogP contribution in [-0.2, 0) is 19.1 Å². The third kappa shape index (κ3) is 16.8. The van der Waals surface area contributed by atoms with E-state index in [1.54, 1.807) is 6.92 Å². The van der Waals surface area contributed by atoms with Crippen molar-refractivity contribution < 1.29 is 19.1 Å². The largest absolute Gasteiger partial charge is 0.366 e. The van der Waals surface area contributed by atoms with Gasteiger partial charge in [0.1, 0.15) is 12.4 Å². The number of carbonyl (C=O) groups excluding carboxylic acids is 3. The standard InChI is InChI=1S/C26H49BN2O4/c1-19(30)12-23(5,6)15-25(9,10)17-28-20(31)13-24(7,8)16-26(11,27)18-29-21(32)14-33-22(2,3)4/h12-18H2,1-11H3,(H,28,31)(H,29,32). The van der Waals surface area contributed by atoms with Gasteiger partial charge in [0.15, 0.2) is 0 Å². The third-order valence-corrected chi connectivity index (χ3v) is 5.30. The molecule has 2 radical (unpaired) electrons. The van der Waals surface area contributed by atoms with Crippen molar-refractivity contribution in [1.29, 1.82) is 0 Å². The van der Waals surface area contributed by atoms with Crippen molar-refractivity contribution in [3.63, 3.8) is 0 Å². The minimum absolute atomic E-state index is 0.00954. The Labute approximate surface area is 204 Å². The number of hydrogen-bond acceptors (Lipinski definition) is 4. The van der Waals surface area contributed by atoms with Crippen LogP contribution in [0.2, 0.25) is 5.31 Å². The number of carbonyl (C=O) groups is 3. The van der Waals surface area contributed by atoms with Crippen molar-refractivity contribution in [2.45, 2.75) is 113 Å². The summed E-state index contributed by atoms with van der Waals surface area (Å²) in [6.07, 6.45) is 2.28. The van der Waals surface area contributed by atoms with Crippen molar-refractivity contribution in [2.24, 2.45) is 16.2 Å². The molecule has 6 nitrogen and oxygen atoms in total. The lowest BCUT2D eigenvalue weighted by molar-refractivity contribution is -0.130. The Balaban J connectivity index is 4.66. The van der Waals surface area contributed by atoms with Gasteiger partial charge in [0.2, 0.25) is 11.8 Å². The second-order valence-electron chi connectivity index (χ2n) is 13.5. The van der Waals surface area contributed by atoms with Crippen LogP contribution in [0.3, 0.4) is 0 Å². The third-order valence-electron chi connectivity index (χ3n) is 5.30. The Morgan fingerprint density at radius 3 is 1.67 bits per heavy atom. The van der Waals surface area contributed by atoms with Gasteiger partial charge in [-0.3, -0.25) is 9.59 Å². The number of ketones is 1. The predicted molar refractivity (Wildman–Crippen MR) is 136 cm³/mol. The van der Waals surface area contributed by atoms with E-state index >= 15 is 0 Å². The first kappa shape index (κ1) is 31.6. The van der Waals surface area contributed by atoms with Crippen molar-refractivity contribution in [2.75, 3.05) is 19.7 Å². The Morgan fingerprint density at radius 1 is 0.697 bits per heavy atom. The molecule has 0 aliphatic carbocycles. The molecule has 0 bridgehead atoms. The Kier molecular flexibility index (Phi) is 11.4. The van der Waals surface area contributed by atoms with Gasteiger partial charge < -0.3 is 20.2 Å². The Morgan fingerprint density at radius 2 is 1.18 bits per heavy atom. The second kappa shape index (κ2) is 11.9. The molecule has 0 aliphatic rings. The fourth-order valence-electron chi connectivity index (χ4n) is 4.78. The highest BCUT2D eigenvalue weighted by atomic mass is 16.5. The Hall–Kier alpha value is -1.37. The minimum atomic E-state index is -0.656. The van der Waals surface area contributed by atoms with E-state index in [9.17, 15) is 14.4 Å². The molecule has 0 spiro atoms. The minimum Gasteiger partial charge on any atom is -0.366 e. The molecule has 33 heavy (non-hydrogen) atoms. The molecule has 1 atom stereocenters. The first-order chi connectivity index (χ1) is 14.5. The molecule has 0 saturated heterocycles. The molecule has 0 aliphatic heterocycles. The molecular formula is C26H49BN2O4. The molecule has 7 heteroatoms. The molecule has 0 aromatic rings. The van der Waals surface area contributed by atoms with Crippen molar-refractivity contribution in [3.8, 4) is 0 Å². The summed E-state index contributed by atoms with van der Waals surface area (Å²) in [5, 5.41) is 5.25. The van der Waals surface area contributed by atoms with Gasteiger partial charge in [-0.2, -0.15) is 0 Å². The number of hydrogen-bond donors (Lipinski definition) is 2. The van der Waals surface area contributed by atoms with Gasteiger partial charge in [0.05, 0.1) is 13.4 Å². The molecule has 0 heterocycles. The molecule has 2 amide bonds. The van der Waals surface area contributed by atoms with Crippen LogP contribution in [0.25, 0.3) is 0 Å². The van der Waals surface area contributed by atoms with Gasteiger partial charge in [-0.25, -0.2) is 0 Å². The molecule has 2 N–H and O–H groups in total. The quantitative estimate of drug-likeness (QED) is 0.368. The topological polar surface area (TPSA) is 84.5 Å². The van der Waals surface area contributed by atoms with E-state index in [4.69, 9.17) is 12.6 Å². The van der Waals surface area contributed by atoms with Crippen LogP contribution in [0.1, 0.15) is 102 Å². The lowest BCUT2D eigenvalue weighted by atomic mass is 9.61. The van der Waals surface area contributed by atoms with E-state index in [-0.39, 0.29) is 46.1 Å². The van der Waals surface area contributed by atoms with Crippen molar-refractivity contribution in [1.82, 2.24) is 10.6 Å². The van der Waals surface area contributed by atoms with Crippen LogP contribution in [0.15, 0.2) is 0 Å². The average molecular weight is 465 g/mol. The number of nitrogens with one attached hydrogen (secondary N) is 2. The predicted octanol–water partition coefficient (Wildman–Crippen LogP) is 4.61. The monoisotopic (exact) mass is 464 g/mol. The van der Waals surface area contributed by atoms with Crippen LogP contribution in [0, 0.1) is 16.2 Å². The van der Waals surface area contributed by atoms with Gasteiger partial charge >= 0.3 is 0 Å². The van der Waals surface area contributed by atoms with Crippen LogP contribution < -0.4 is 10.6 Å². The lowest BCUT2D eigenvalue weighted by Crippen LogP contribution is -2.40. The van der Waals surface area contributed by atoms with E-state index in [0.717, 1.165) is 6.42 Å². The zero-order valence-electron chi connectivity index (χ0n) is 23.2. The van der Waals surface area contributed by atoms with Crippen molar-refractivity contribution >= 4 is 25.4 Å². The number of amides is 2. The normalized spacial score (nSPS) is 15.0. The second-order valence-corrected chi connectivity index (χ2v) is 13.5. The van der Waals surface area contributed by atoms with Gasteiger partial charge in [0.25, 0.3) is 0 Å². The summed E-state index contributed by atoms with van der Waals surface area (Å²) < 4.78 is 5.49. The molecule has 1 unspecified atom stereocenters. The highest BCUT2D eigenvalue weighted by Gasteiger charge is 2.33. The fourth-order valence-corrected chi connectivity index (χ4v) is 4.78. The van der Waals surface area contributed by atoms with Gasteiger partial charge in [0, 0.05) is 25.9 Å². The highest BCUT2D eigenvalue weighted by molar-refractivity contribution is 6.15. The van der Waals surface area contributed by atoms with E-state index < -0.39 is 5.31 Å². The maximum Gasteiger partial charge on any atom is 0.246 e. The fraction of sp³-hybridized carbons (Fsp3) is 0.885. The molecule has 0 fully saturated rings. The van der Waals surface area contributed by atoms with Crippen LogP contribution in [0.5, 0.6) is 0 Å². The molecule has 190 valence electrons. The molecule has 0 saturated carbocycles. The molecular weight excluding hydrogens is 415 g/mol. The lowest BCUT2D eigenvalue weighted by Gasteiger charge is -2.36. The summed E-state index contributed by atoms with van der Waals surface area (Å²) in [5.74, 6) is -0.0349. The summed E-state index contributed by atoms with van der Waals surface area (Å²) in [6, 6.07) is 0. The Bertz CT molecular complexity index is 676. The molecule has 0 aromatic carbocycles. The number of ether oxygens (including phenoxy) is 1. The maximum absolute atomic E-state index is 12.7. The van der Waals surface area contributed by atoms with E-state index in [0.29, 0.717) is 32.4 Å². The van der Waals surface area contributed by atoms with Gasteiger partial charge in [-0.15, -0.1) is 0 Å². The zero-order valence-corrected chi connectivity index (χ0v) is 23.2. The number of Topliss-reactive ketones (excluding diaryl/α,β-unsaturated/α-hetero) is 1. The van der Waals surface area contributed by atoms with Gasteiger partial charge in [-0.05, 0) is 56.8 Å². The van der Waals surface area contributed by atoms with Crippen molar-refractivity contribution in [3.05, 3.63) is 0 Å². The first-order valence-corrected chi connectivity index (χ1v) is 12.0. The smallest absolute Gasteiger partial charge is 0.246 e. The summed E-state index contributed by atoms with van der Waals surface area (Å²) in [7, 11) is 6.45. The SMILES string of the molecule is [B]C(C)(CNC(=O)COC(C)(C)C)CC(C)(C)CC(=O)NCC(C)(C)CC(C)(C)CC(C)=O. The molecule has 0 aromatic heterocycles. The summed E-state index contributed by atoms with van der Waals surface area (Å²) in [6.45, 7) is 22.5. The van der Waals surface area contributed by atoms with E-state index in [2.05, 4.69) is 38.3 Å². The van der Waals surface area contributed by atoms with Crippen LogP contribution in [-0.4, -0.2) is 50.7 Å². The first-order valence-electron chi connectivity index (χ1n) is 12.0. The maximum atomic E-state index is 12.7. The van der Waals surface area contributed by atoms with Crippen LogP contribution >= 0.6 is 0 Å². The van der Waals surface area contributed by atoms with E-state index in [1.165, 1.54) is 0 Å². The van der Waals surface area contributed by atoms with Crippen LogP contribution in [0.4, 0.5) is 0 Å². The molecule has 0 rings (SSSR count). The van der Waals surface area contributed by atoms with Gasteiger partial charge in [-0.1, -0.05) is 53.8 Å². The zero-order chi connectivity index (χ0) is 26.3. The summed E-state index contributed by atoms with van der Waals surface area (Å²) in [4.78, 5) is 36.3. The van der Waals surface area contributed by atoms with E-state index in [1.807, 2.05) is 41.5 Å². The number of rotatable bonds is 14. The summed E-state index contributed by atoms with van der Waals surface area (Å²) >= 11 is 0.